The topological polar surface area (TPSA) is 35.2 Å². The maximum absolute atomic E-state index is 12.7. The maximum Gasteiger partial charge on any atom is 0.391 e. The van der Waals surface area contributed by atoms with Gasteiger partial charge in [-0.1, -0.05) is 0 Å². The van der Waals surface area contributed by atoms with Gasteiger partial charge >= 0.3 is 6.18 Å². The van der Waals surface area contributed by atoms with E-state index in [-0.39, 0.29) is 36.9 Å². The van der Waals surface area contributed by atoms with Crippen molar-refractivity contribution in [3.63, 3.8) is 0 Å². The van der Waals surface area contributed by atoms with Gasteiger partial charge in [0.2, 0.25) is 0 Å². The number of hydrogen-bond donors (Lipinski definition) is 1. The summed E-state index contributed by atoms with van der Waals surface area (Å²) in [5, 5.41) is 0. The standard InChI is InChI=1S/C11H18F3NO/c1-6-2-9-7(5-15)3-8(11(12,13)14)4-10(9)16-6/h6-10H,2-5,15H2,1H3/t6-,7+,8-,9-,10+/m1/s1. The molecule has 16 heavy (non-hydrogen) atoms. The monoisotopic (exact) mass is 237 g/mol. The molecule has 0 aromatic carbocycles. The number of rotatable bonds is 1. The summed E-state index contributed by atoms with van der Waals surface area (Å²) < 4.78 is 43.7. The van der Waals surface area contributed by atoms with Crippen molar-refractivity contribution in [1.29, 1.82) is 0 Å². The van der Waals surface area contributed by atoms with E-state index >= 15 is 0 Å². The van der Waals surface area contributed by atoms with Crippen LogP contribution >= 0.6 is 0 Å². The summed E-state index contributed by atoms with van der Waals surface area (Å²) in [5.74, 6) is -1.03. The summed E-state index contributed by atoms with van der Waals surface area (Å²) in [6.07, 6.45) is -3.10. The molecule has 0 radical (unpaired) electrons. The third kappa shape index (κ3) is 2.20. The Morgan fingerprint density at radius 2 is 1.94 bits per heavy atom. The predicted molar refractivity (Wildman–Crippen MR) is 53.8 cm³/mol. The highest BCUT2D eigenvalue weighted by atomic mass is 19.4. The predicted octanol–water partition coefficient (Wildman–Crippen LogP) is 2.33. The van der Waals surface area contributed by atoms with E-state index in [0.717, 1.165) is 6.42 Å². The first-order valence-electron chi connectivity index (χ1n) is 5.84. The second kappa shape index (κ2) is 4.18. The van der Waals surface area contributed by atoms with Gasteiger partial charge in [0, 0.05) is 0 Å². The highest BCUT2D eigenvalue weighted by molar-refractivity contribution is 4.94. The Kier molecular flexibility index (Phi) is 3.18. The van der Waals surface area contributed by atoms with E-state index < -0.39 is 12.1 Å². The van der Waals surface area contributed by atoms with Gasteiger partial charge in [-0.25, -0.2) is 0 Å². The van der Waals surface area contributed by atoms with E-state index in [9.17, 15) is 13.2 Å². The third-order valence-electron chi connectivity index (χ3n) is 3.96. The molecular weight excluding hydrogens is 219 g/mol. The van der Waals surface area contributed by atoms with Gasteiger partial charge in [-0.2, -0.15) is 13.2 Å². The van der Waals surface area contributed by atoms with Crippen molar-refractivity contribution in [2.45, 2.75) is 44.6 Å². The number of hydrogen-bond acceptors (Lipinski definition) is 2. The highest BCUT2D eigenvalue weighted by Gasteiger charge is 2.51. The number of nitrogens with two attached hydrogens (primary N) is 1. The van der Waals surface area contributed by atoms with Crippen molar-refractivity contribution in [3.05, 3.63) is 0 Å². The molecule has 5 atom stereocenters. The van der Waals surface area contributed by atoms with Crippen LogP contribution in [0.3, 0.4) is 0 Å². The largest absolute Gasteiger partial charge is 0.391 e. The lowest BCUT2D eigenvalue weighted by molar-refractivity contribution is -0.198. The molecule has 0 unspecified atom stereocenters. The lowest BCUT2D eigenvalue weighted by Crippen LogP contribution is -2.42. The number of halogens is 3. The lowest BCUT2D eigenvalue weighted by atomic mass is 9.71. The van der Waals surface area contributed by atoms with Crippen LogP contribution in [-0.2, 0) is 4.74 Å². The molecule has 2 N–H and O–H groups in total. The lowest BCUT2D eigenvalue weighted by Gasteiger charge is -2.37. The summed E-state index contributed by atoms with van der Waals surface area (Å²) in [7, 11) is 0. The van der Waals surface area contributed by atoms with Gasteiger partial charge < -0.3 is 10.5 Å². The van der Waals surface area contributed by atoms with E-state index in [4.69, 9.17) is 10.5 Å². The summed E-state index contributed by atoms with van der Waals surface area (Å²) in [5.41, 5.74) is 5.59. The normalized spacial score (nSPS) is 44.4. The SMILES string of the molecule is C[C@@H]1C[C@@H]2[C@H](CN)C[C@@H](C(F)(F)F)C[C@@H]2O1. The first-order chi connectivity index (χ1) is 7.41. The van der Waals surface area contributed by atoms with Crippen molar-refractivity contribution < 1.29 is 17.9 Å². The molecule has 0 bridgehead atoms. The van der Waals surface area contributed by atoms with Crippen LogP contribution in [0, 0.1) is 17.8 Å². The van der Waals surface area contributed by atoms with E-state index in [1.807, 2.05) is 6.92 Å². The second-order valence-corrected chi connectivity index (χ2v) is 5.09. The molecule has 1 aliphatic carbocycles. The van der Waals surface area contributed by atoms with Crippen LogP contribution in [0.2, 0.25) is 0 Å². The highest BCUT2D eigenvalue weighted by Crippen LogP contribution is 2.47. The van der Waals surface area contributed by atoms with Crippen LogP contribution in [0.5, 0.6) is 0 Å². The Labute approximate surface area is 93.3 Å². The van der Waals surface area contributed by atoms with Crippen LogP contribution < -0.4 is 5.73 Å². The van der Waals surface area contributed by atoms with Crippen molar-refractivity contribution in [1.82, 2.24) is 0 Å². The fourth-order valence-electron chi connectivity index (χ4n) is 3.17. The zero-order chi connectivity index (χ0) is 11.9. The van der Waals surface area contributed by atoms with Crippen molar-refractivity contribution in [2.75, 3.05) is 6.54 Å². The number of alkyl halides is 3. The van der Waals surface area contributed by atoms with Crippen LogP contribution in [-0.4, -0.2) is 24.9 Å². The van der Waals surface area contributed by atoms with Gasteiger partial charge in [0.05, 0.1) is 18.1 Å². The molecule has 1 saturated heterocycles. The average Bonchev–Trinajstić information content (AvgIpc) is 2.54. The molecule has 1 heterocycles. The summed E-state index contributed by atoms with van der Waals surface area (Å²) in [4.78, 5) is 0. The molecule has 1 saturated carbocycles. The summed E-state index contributed by atoms with van der Waals surface area (Å²) >= 11 is 0. The van der Waals surface area contributed by atoms with Crippen LogP contribution in [0.4, 0.5) is 13.2 Å². The van der Waals surface area contributed by atoms with Crippen LogP contribution in [0.25, 0.3) is 0 Å². The van der Waals surface area contributed by atoms with Crippen molar-refractivity contribution in [3.8, 4) is 0 Å². The van der Waals surface area contributed by atoms with Gasteiger partial charge in [-0.3, -0.25) is 0 Å². The minimum absolute atomic E-state index is 0.0321. The van der Waals surface area contributed by atoms with Crippen molar-refractivity contribution >= 4 is 0 Å². The van der Waals surface area contributed by atoms with Gasteiger partial charge in [-0.15, -0.1) is 0 Å². The first-order valence-corrected chi connectivity index (χ1v) is 5.84. The van der Waals surface area contributed by atoms with Crippen LogP contribution in [0.1, 0.15) is 26.2 Å². The van der Waals surface area contributed by atoms with Crippen molar-refractivity contribution in [2.24, 2.45) is 23.5 Å². The molecule has 2 rings (SSSR count). The first kappa shape index (κ1) is 12.2. The molecule has 1 aliphatic heterocycles. The minimum Gasteiger partial charge on any atom is -0.375 e. The Hall–Kier alpha value is -0.290. The molecular formula is C11H18F3NO. The second-order valence-electron chi connectivity index (χ2n) is 5.09. The molecule has 2 fully saturated rings. The fourth-order valence-corrected chi connectivity index (χ4v) is 3.17. The van der Waals surface area contributed by atoms with E-state index in [1.54, 1.807) is 0 Å². The molecule has 0 aromatic rings. The molecule has 2 aliphatic rings. The third-order valence-corrected chi connectivity index (χ3v) is 3.96. The molecule has 0 spiro atoms. The van der Waals surface area contributed by atoms with E-state index in [2.05, 4.69) is 0 Å². The Bertz CT molecular complexity index is 248. The maximum atomic E-state index is 12.7. The zero-order valence-corrected chi connectivity index (χ0v) is 9.33. The van der Waals surface area contributed by atoms with E-state index in [1.165, 1.54) is 0 Å². The van der Waals surface area contributed by atoms with Gasteiger partial charge in [-0.05, 0) is 44.6 Å². The summed E-state index contributed by atoms with van der Waals surface area (Å²) in [6, 6.07) is 0. The fraction of sp³-hybridized carbons (Fsp3) is 1.00. The number of ether oxygens (including phenoxy) is 1. The Morgan fingerprint density at radius 3 is 2.50 bits per heavy atom. The van der Waals surface area contributed by atoms with Gasteiger partial charge in [0.1, 0.15) is 0 Å². The zero-order valence-electron chi connectivity index (χ0n) is 9.33. The van der Waals surface area contributed by atoms with Gasteiger partial charge in [0.25, 0.3) is 0 Å². The van der Waals surface area contributed by atoms with Crippen LogP contribution in [0.15, 0.2) is 0 Å². The quantitative estimate of drug-likeness (QED) is 0.759. The molecule has 94 valence electrons. The number of fused-ring (bicyclic) bond motifs is 1. The minimum atomic E-state index is -4.10. The molecule has 0 amide bonds. The molecule has 0 aromatic heterocycles. The Morgan fingerprint density at radius 1 is 1.25 bits per heavy atom. The smallest absolute Gasteiger partial charge is 0.375 e. The Balaban J connectivity index is 2.10. The molecule has 2 nitrogen and oxygen atoms in total. The summed E-state index contributed by atoms with van der Waals surface area (Å²) in [6.45, 7) is 2.26. The molecule has 5 heteroatoms. The average molecular weight is 237 g/mol. The van der Waals surface area contributed by atoms with Gasteiger partial charge in [0.15, 0.2) is 0 Å². The van der Waals surface area contributed by atoms with E-state index in [0.29, 0.717) is 6.54 Å².